The fourth-order valence-corrected chi connectivity index (χ4v) is 1.74. The molecule has 0 radical (unpaired) electrons. The molecule has 2 N–H and O–H groups in total. The largest absolute Gasteiger partial charge is 0.329 e. The zero-order chi connectivity index (χ0) is 15.9. The number of hydrazone groups is 1. The highest BCUT2D eigenvalue weighted by Gasteiger charge is 2.12. The summed E-state index contributed by atoms with van der Waals surface area (Å²) in [5, 5.41) is 7.26. The van der Waals surface area contributed by atoms with E-state index in [1.54, 1.807) is 48.5 Å². The van der Waals surface area contributed by atoms with Crippen LogP contribution in [0.15, 0.2) is 53.6 Å². The first-order valence-electron chi connectivity index (χ1n) is 6.20. The van der Waals surface area contributed by atoms with E-state index < -0.39 is 11.8 Å². The van der Waals surface area contributed by atoms with Crippen LogP contribution < -0.4 is 10.7 Å². The van der Waals surface area contributed by atoms with Crippen LogP contribution in [-0.2, 0) is 9.59 Å². The third kappa shape index (κ3) is 4.87. The van der Waals surface area contributed by atoms with Crippen molar-refractivity contribution in [1.82, 2.24) is 5.43 Å². The average molecular weight is 336 g/mol. The molecule has 0 saturated carbocycles. The van der Waals surface area contributed by atoms with Gasteiger partial charge in [0.1, 0.15) is 0 Å². The molecule has 0 aliphatic carbocycles. The van der Waals surface area contributed by atoms with Crippen molar-refractivity contribution in [2.45, 2.75) is 0 Å². The number of hydrogen-bond acceptors (Lipinski definition) is 3. The summed E-state index contributed by atoms with van der Waals surface area (Å²) in [5.41, 5.74) is 3.34. The molecule has 0 aromatic heterocycles. The quantitative estimate of drug-likeness (QED) is 0.514. The Bertz CT molecular complexity index is 698. The Morgan fingerprint density at radius 3 is 2.00 bits per heavy atom. The number of anilines is 1. The topological polar surface area (TPSA) is 70.6 Å². The lowest BCUT2D eigenvalue weighted by molar-refractivity contribution is -0.136. The van der Waals surface area contributed by atoms with Gasteiger partial charge in [-0.25, -0.2) is 5.43 Å². The Labute approximate surface area is 136 Å². The van der Waals surface area contributed by atoms with Crippen molar-refractivity contribution >= 4 is 46.9 Å². The standard InChI is InChI=1S/C15H11Cl2N3O2/c16-11-3-1-10(2-4-11)9-18-20-15(22)14(21)19-13-7-5-12(17)6-8-13/h1-9H,(H,19,21)(H,20,22)/b18-9-. The molecular weight excluding hydrogens is 325 g/mol. The van der Waals surface area contributed by atoms with Gasteiger partial charge in [-0.15, -0.1) is 0 Å². The molecule has 0 aliphatic rings. The lowest BCUT2D eigenvalue weighted by atomic mass is 10.2. The molecule has 0 saturated heterocycles. The molecule has 5 nitrogen and oxygen atoms in total. The highest BCUT2D eigenvalue weighted by atomic mass is 35.5. The molecule has 0 bridgehead atoms. The van der Waals surface area contributed by atoms with Gasteiger partial charge in [0.05, 0.1) is 6.21 Å². The number of nitrogens with zero attached hydrogens (tertiary/aromatic N) is 1. The molecule has 0 aliphatic heterocycles. The predicted molar refractivity (Wildman–Crippen MR) is 87.3 cm³/mol. The zero-order valence-electron chi connectivity index (χ0n) is 11.2. The van der Waals surface area contributed by atoms with Gasteiger partial charge in [0, 0.05) is 15.7 Å². The monoisotopic (exact) mass is 335 g/mol. The van der Waals surface area contributed by atoms with Crippen LogP contribution in [0.25, 0.3) is 0 Å². The summed E-state index contributed by atoms with van der Waals surface area (Å²) >= 11 is 11.5. The average Bonchev–Trinajstić information content (AvgIpc) is 2.51. The minimum atomic E-state index is -0.875. The van der Waals surface area contributed by atoms with E-state index in [2.05, 4.69) is 15.8 Å². The Kier molecular flexibility index (Phi) is 5.52. The van der Waals surface area contributed by atoms with E-state index in [0.717, 1.165) is 5.56 Å². The molecule has 2 aromatic carbocycles. The molecular formula is C15H11Cl2N3O2. The third-order valence-corrected chi connectivity index (χ3v) is 3.06. The predicted octanol–water partition coefficient (Wildman–Crippen LogP) is 3.08. The van der Waals surface area contributed by atoms with Crippen LogP contribution in [0.3, 0.4) is 0 Å². The van der Waals surface area contributed by atoms with Gasteiger partial charge in [-0.2, -0.15) is 5.10 Å². The first-order chi connectivity index (χ1) is 10.5. The molecule has 2 aromatic rings. The minimum absolute atomic E-state index is 0.464. The van der Waals surface area contributed by atoms with Crippen LogP contribution in [-0.4, -0.2) is 18.0 Å². The Morgan fingerprint density at radius 1 is 0.864 bits per heavy atom. The van der Waals surface area contributed by atoms with Crippen molar-refractivity contribution in [3.63, 3.8) is 0 Å². The van der Waals surface area contributed by atoms with Gasteiger partial charge >= 0.3 is 11.8 Å². The number of carbonyl (C=O) groups is 2. The van der Waals surface area contributed by atoms with Gasteiger partial charge in [0.15, 0.2) is 0 Å². The highest BCUT2D eigenvalue weighted by molar-refractivity contribution is 6.39. The van der Waals surface area contributed by atoms with Crippen molar-refractivity contribution in [2.75, 3.05) is 5.32 Å². The fraction of sp³-hybridized carbons (Fsp3) is 0. The van der Waals surface area contributed by atoms with E-state index in [1.807, 2.05) is 0 Å². The van der Waals surface area contributed by atoms with Crippen molar-refractivity contribution in [3.05, 3.63) is 64.1 Å². The van der Waals surface area contributed by atoms with E-state index in [9.17, 15) is 9.59 Å². The van der Waals surface area contributed by atoms with Gasteiger partial charge in [-0.3, -0.25) is 9.59 Å². The molecule has 0 atom stereocenters. The van der Waals surface area contributed by atoms with Crippen LogP contribution in [0.1, 0.15) is 5.56 Å². The van der Waals surface area contributed by atoms with E-state index in [0.29, 0.717) is 15.7 Å². The molecule has 22 heavy (non-hydrogen) atoms. The normalized spacial score (nSPS) is 10.5. The maximum Gasteiger partial charge on any atom is 0.329 e. The number of hydrogen-bond donors (Lipinski definition) is 2. The molecule has 0 fully saturated rings. The van der Waals surface area contributed by atoms with Crippen molar-refractivity contribution in [1.29, 1.82) is 0 Å². The zero-order valence-corrected chi connectivity index (χ0v) is 12.7. The highest BCUT2D eigenvalue weighted by Crippen LogP contribution is 2.13. The molecule has 112 valence electrons. The maximum absolute atomic E-state index is 11.6. The van der Waals surface area contributed by atoms with Crippen LogP contribution in [0.4, 0.5) is 5.69 Å². The van der Waals surface area contributed by atoms with E-state index in [-0.39, 0.29) is 0 Å². The summed E-state index contributed by atoms with van der Waals surface area (Å²) in [4.78, 5) is 23.2. The van der Waals surface area contributed by atoms with Crippen LogP contribution in [0.2, 0.25) is 10.0 Å². The Hall–Kier alpha value is -2.37. The number of halogens is 2. The molecule has 2 amide bonds. The van der Waals surface area contributed by atoms with Gasteiger partial charge in [0.2, 0.25) is 0 Å². The summed E-state index contributed by atoms with van der Waals surface area (Å²) in [6, 6.07) is 13.2. The second-order valence-corrected chi connectivity index (χ2v) is 5.08. The first-order valence-corrected chi connectivity index (χ1v) is 6.96. The molecule has 0 unspecified atom stereocenters. The second kappa shape index (κ2) is 7.59. The van der Waals surface area contributed by atoms with Crippen LogP contribution in [0.5, 0.6) is 0 Å². The summed E-state index contributed by atoms with van der Waals surface area (Å²) in [5.74, 6) is -1.70. The van der Waals surface area contributed by atoms with E-state index >= 15 is 0 Å². The van der Waals surface area contributed by atoms with Crippen molar-refractivity contribution < 1.29 is 9.59 Å². The molecule has 0 spiro atoms. The summed E-state index contributed by atoms with van der Waals surface area (Å²) in [7, 11) is 0. The summed E-state index contributed by atoms with van der Waals surface area (Å²) < 4.78 is 0. The number of carbonyl (C=O) groups excluding carboxylic acids is 2. The van der Waals surface area contributed by atoms with Crippen LogP contribution in [0, 0.1) is 0 Å². The van der Waals surface area contributed by atoms with Gasteiger partial charge in [0.25, 0.3) is 0 Å². The fourth-order valence-electron chi connectivity index (χ4n) is 1.49. The number of amides is 2. The van der Waals surface area contributed by atoms with Gasteiger partial charge < -0.3 is 5.32 Å². The second-order valence-electron chi connectivity index (χ2n) is 4.21. The van der Waals surface area contributed by atoms with Crippen LogP contribution >= 0.6 is 23.2 Å². The third-order valence-electron chi connectivity index (χ3n) is 2.56. The molecule has 2 rings (SSSR count). The summed E-state index contributed by atoms with van der Waals surface area (Å²) in [6.45, 7) is 0. The number of rotatable bonds is 3. The Balaban J connectivity index is 1.87. The lowest BCUT2D eigenvalue weighted by Gasteiger charge is -2.03. The number of nitrogens with one attached hydrogen (secondary N) is 2. The molecule has 7 heteroatoms. The minimum Gasteiger partial charge on any atom is -0.318 e. The molecule has 0 heterocycles. The lowest BCUT2D eigenvalue weighted by Crippen LogP contribution is -2.32. The van der Waals surface area contributed by atoms with Gasteiger partial charge in [-0.1, -0.05) is 35.3 Å². The first kappa shape index (κ1) is 16.0. The van der Waals surface area contributed by atoms with Crippen molar-refractivity contribution in [3.8, 4) is 0 Å². The van der Waals surface area contributed by atoms with E-state index in [4.69, 9.17) is 23.2 Å². The number of benzene rings is 2. The van der Waals surface area contributed by atoms with Gasteiger partial charge in [-0.05, 0) is 42.0 Å². The SMILES string of the molecule is O=C(N/N=C\c1ccc(Cl)cc1)C(=O)Nc1ccc(Cl)cc1. The Morgan fingerprint density at radius 2 is 1.41 bits per heavy atom. The maximum atomic E-state index is 11.6. The van der Waals surface area contributed by atoms with Crippen molar-refractivity contribution in [2.24, 2.45) is 5.10 Å². The van der Waals surface area contributed by atoms with E-state index in [1.165, 1.54) is 6.21 Å². The smallest absolute Gasteiger partial charge is 0.318 e. The summed E-state index contributed by atoms with van der Waals surface area (Å²) in [6.07, 6.45) is 1.41.